The van der Waals surface area contributed by atoms with E-state index in [0.29, 0.717) is 24.2 Å². The number of hydrogen-bond donors (Lipinski definition) is 2. The summed E-state index contributed by atoms with van der Waals surface area (Å²) in [7, 11) is 0. The van der Waals surface area contributed by atoms with Gasteiger partial charge in [-0.25, -0.2) is 4.98 Å². The van der Waals surface area contributed by atoms with Gasteiger partial charge in [0.1, 0.15) is 5.69 Å². The normalized spacial score (nSPS) is 10.1. The van der Waals surface area contributed by atoms with Crippen LogP contribution in [0.3, 0.4) is 0 Å². The maximum atomic E-state index is 11.6. The van der Waals surface area contributed by atoms with E-state index in [1.165, 1.54) is 18.6 Å². The first-order valence-electron chi connectivity index (χ1n) is 6.24. The van der Waals surface area contributed by atoms with Crippen LogP contribution in [0.15, 0.2) is 39.8 Å². The molecule has 0 aliphatic carbocycles. The second kappa shape index (κ2) is 7.53. The third-order valence-corrected chi connectivity index (χ3v) is 2.94. The highest BCUT2D eigenvalue weighted by Crippen LogP contribution is 2.13. The fraction of sp³-hybridized carbons (Fsp3) is 0.231. The van der Waals surface area contributed by atoms with Gasteiger partial charge in [-0.15, -0.1) is 0 Å². The predicted octanol–water partition coefficient (Wildman–Crippen LogP) is 1.38. The van der Waals surface area contributed by atoms with E-state index >= 15 is 0 Å². The molecule has 8 heteroatoms. The molecule has 0 fully saturated rings. The van der Waals surface area contributed by atoms with Gasteiger partial charge in [-0.3, -0.25) is 14.6 Å². The molecule has 2 heterocycles. The van der Waals surface area contributed by atoms with E-state index in [-0.39, 0.29) is 23.3 Å². The smallest absolute Gasteiger partial charge is 0.287 e. The van der Waals surface area contributed by atoms with E-state index in [2.05, 4.69) is 36.5 Å². The molecule has 0 aromatic carbocycles. The highest BCUT2D eigenvalue weighted by atomic mass is 79.9. The molecule has 2 amide bonds. The number of amides is 2. The average molecular weight is 353 g/mol. The standard InChI is InChI=1S/C13H13BrN4O3/c14-11-3-2-10(21-11)13(20)18-5-1-4-17-12(19)9-8-15-6-7-16-9/h2-3,6-8H,1,4-5H2,(H,17,19)(H,18,20). The molecule has 0 bridgehead atoms. The fourth-order valence-corrected chi connectivity index (χ4v) is 1.83. The number of nitrogens with zero attached hydrogens (tertiary/aromatic N) is 2. The molecule has 0 unspecified atom stereocenters. The van der Waals surface area contributed by atoms with Crippen molar-refractivity contribution in [1.82, 2.24) is 20.6 Å². The first kappa shape index (κ1) is 15.2. The number of hydrogen-bond acceptors (Lipinski definition) is 5. The minimum atomic E-state index is -0.291. The molecule has 0 saturated heterocycles. The van der Waals surface area contributed by atoms with Crippen LogP contribution >= 0.6 is 15.9 Å². The van der Waals surface area contributed by atoms with Gasteiger partial charge < -0.3 is 15.1 Å². The largest absolute Gasteiger partial charge is 0.444 e. The summed E-state index contributed by atoms with van der Waals surface area (Å²) in [6.07, 6.45) is 4.95. The lowest BCUT2D eigenvalue weighted by molar-refractivity contribution is 0.0924. The Bertz CT molecular complexity index is 615. The quantitative estimate of drug-likeness (QED) is 0.765. The monoisotopic (exact) mass is 352 g/mol. The molecule has 0 aliphatic rings. The van der Waals surface area contributed by atoms with Gasteiger partial charge in [-0.2, -0.15) is 0 Å². The van der Waals surface area contributed by atoms with Crippen LogP contribution < -0.4 is 10.6 Å². The minimum Gasteiger partial charge on any atom is -0.444 e. The van der Waals surface area contributed by atoms with Crippen molar-refractivity contribution >= 4 is 27.7 Å². The molecule has 0 atom stereocenters. The molecule has 2 rings (SSSR count). The highest BCUT2D eigenvalue weighted by molar-refractivity contribution is 9.10. The molecule has 0 saturated carbocycles. The lowest BCUT2D eigenvalue weighted by Gasteiger charge is -2.05. The van der Waals surface area contributed by atoms with Crippen LogP contribution in [-0.4, -0.2) is 34.9 Å². The summed E-state index contributed by atoms with van der Waals surface area (Å²) in [5, 5.41) is 5.39. The number of halogens is 1. The summed E-state index contributed by atoms with van der Waals surface area (Å²) in [6.45, 7) is 0.857. The van der Waals surface area contributed by atoms with Gasteiger partial charge in [0.25, 0.3) is 11.8 Å². The van der Waals surface area contributed by atoms with Gasteiger partial charge in [0.2, 0.25) is 0 Å². The van der Waals surface area contributed by atoms with Crippen LogP contribution in [0, 0.1) is 0 Å². The molecule has 2 N–H and O–H groups in total. The molecular formula is C13H13BrN4O3. The van der Waals surface area contributed by atoms with Crippen molar-refractivity contribution in [2.24, 2.45) is 0 Å². The fourth-order valence-electron chi connectivity index (χ4n) is 1.52. The van der Waals surface area contributed by atoms with Crippen molar-refractivity contribution in [3.05, 3.63) is 46.8 Å². The summed E-state index contributed by atoms with van der Waals surface area (Å²) in [5.74, 6) is -0.337. The van der Waals surface area contributed by atoms with E-state index < -0.39 is 0 Å². The zero-order valence-electron chi connectivity index (χ0n) is 11.0. The summed E-state index contributed by atoms with van der Waals surface area (Å²) >= 11 is 3.13. The zero-order valence-corrected chi connectivity index (χ0v) is 12.6. The number of nitrogens with one attached hydrogen (secondary N) is 2. The Hall–Kier alpha value is -2.22. The molecule has 2 aromatic heterocycles. The Morgan fingerprint density at radius 1 is 1.14 bits per heavy atom. The van der Waals surface area contributed by atoms with Crippen LogP contribution in [0.1, 0.15) is 27.5 Å². The maximum absolute atomic E-state index is 11.6. The third kappa shape index (κ3) is 4.67. The Morgan fingerprint density at radius 2 is 1.90 bits per heavy atom. The highest BCUT2D eigenvalue weighted by Gasteiger charge is 2.09. The van der Waals surface area contributed by atoms with Gasteiger partial charge in [-0.05, 0) is 34.5 Å². The molecule has 0 radical (unpaired) electrons. The van der Waals surface area contributed by atoms with Gasteiger partial charge in [0, 0.05) is 25.5 Å². The molecule has 7 nitrogen and oxygen atoms in total. The molecule has 21 heavy (non-hydrogen) atoms. The van der Waals surface area contributed by atoms with Crippen molar-refractivity contribution in [2.45, 2.75) is 6.42 Å². The van der Waals surface area contributed by atoms with E-state index in [0.717, 1.165) is 0 Å². The maximum Gasteiger partial charge on any atom is 0.287 e. The van der Waals surface area contributed by atoms with Crippen molar-refractivity contribution in [3.63, 3.8) is 0 Å². The van der Waals surface area contributed by atoms with E-state index in [9.17, 15) is 9.59 Å². The number of carbonyl (C=O) groups excluding carboxylic acids is 2. The first-order chi connectivity index (χ1) is 10.2. The third-order valence-electron chi connectivity index (χ3n) is 2.52. The van der Waals surface area contributed by atoms with Gasteiger partial charge in [-0.1, -0.05) is 0 Å². The van der Waals surface area contributed by atoms with Crippen molar-refractivity contribution in [2.75, 3.05) is 13.1 Å². The van der Waals surface area contributed by atoms with E-state index in [4.69, 9.17) is 4.42 Å². The summed E-state index contributed by atoms with van der Waals surface area (Å²) in [4.78, 5) is 31.0. The number of furan rings is 1. The van der Waals surface area contributed by atoms with E-state index in [1.54, 1.807) is 12.1 Å². The number of carbonyl (C=O) groups is 2. The van der Waals surface area contributed by atoms with Gasteiger partial charge in [0.15, 0.2) is 10.4 Å². The number of aromatic nitrogens is 2. The van der Waals surface area contributed by atoms with E-state index in [1.807, 2.05) is 0 Å². The minimum absolute atomic E-state index is 0.241. The molecule has 2 aromatic rings. The second-order valence-corrected chi connectivity index (χ2v) is 4.84. The average Bonchev–Trinajstić information content (AvgIpc) is 2.94. The molecular weight excluding hydrogens is 340 g/mol. The SMILES string of the molecule is O=C(NCCCNC(=O)c1ccc(Br)o1)c1cnccn1. The van der Waals surface area contributed by atoms with Crippen LogP contribution in [0.4, 0.5) is 0 Å². The molecule has 0 spiro atoms. The van der Waals surface area contributed by atoms with Crippen LogP contribution in [0.25, 0.3) is 0 Å². The summed E-state index contributed by atoms with van der Waals surface area (Å²) < 4.78 is 5.62. The zero-order chi connectivity index (χ0) is 15.1. The Morgan fingerprint density at radius 3 is 2.52 bits per heavy atom. The first-order valence-corrected chi connectivity index (χ1v) is 7.04. The lowest BCUT2D eigenvalue weighted by atomic mass is 10.3. The summed E-state index contributed by atoms with van der Waals surface area (Å²) in [5.41, 5.74) is 0.266. The topological polar surface area (TPSA) is 97.1 Å². The second-order valence-electron chi connectivity index (χ2n) is 4.06. The number of rotatable bonds is 6. The molecule has 110 valence electrons. The van der Waals surface area contributed by atoms with Crippen LogP contribution in [0.2, 0.25) is 0 Å². The lowest BCUT2D eigenvalue weighted by Crippen LogP contribution is -2.30. The van der Waals surface area contributed by atoms with Crippen molar-refractivity contribution in [1.29, 1.82) is 0 Å². The Kier molecular flexibility index (Phi) is 5.44. The molecule has 0 aliphatic heterocycles. The summed E-state index contributed by atoms with van der Waals surface area (Å²) in [6, 6.07) is 3.23. The predicted molar refractivity (Wildman–Crippen MR) is 77.7 cm³/mol. The van der Waals surface area contributed by atoms with Crippen molar-refractivity contribution in [3.8, 4) is 0 Å². The van der Waals surface area contributed by atoms with Gasteiger partial charge >= 0.3 is 0 Å². The van der Waals surface area contributed by atoms with Crippen molar-refractivity contribution < 1.29 is 14.0 Å². The van der Waals surface area contributed by atoms with Gasteiger partial charge in [0.05, 0.1) is 6.20 Å². The Balaban J connectivity index is 1.64. The van der Waals surface area contributed by atoms with Crippen LogP contribution in [0.5, 0.6) is 0 Å². The Labute approximate surface area is 129 Å². The van der Waals surface area contributed by atoms with Crippen LogP contribution in [-0.2, 0) is 0 Å².